The number of primary amides is 1. The van der Waals surface area contributed by atoms with Crippen molar-refractivity contribution in [3.8, 4) is 0 Å². The molecular formula is C12H17N3O3. The summed E-state index contributed by atoms with van der Waals surface area (Å²) < 4.78 is 0. The van der Waals surface area contributed by atoms with Crippen LogP contribution in [-0.2, 0) is 4.79 Å². The minimum Gasteiger partial charge on any atom is -0.368 e. The van der Waals surface area contributed by atoms with Crippen molar-refractivity contribution in [3.05, 3.63) is 33.9 Å². The maximum Gasteiger partial charge on any atom is 0.292 e. The van der Waals surface area contributed by atoms with Crippen molar-refractivity contribution in [2.75, 3.05) is 5.32 Å². The molecule has 0 saturated heterocycles. The van der Waals surface area contributed by atoms with Crippen LogP contribution in [0.3, 0.4) is 0 Å². The van der Waals surface area contributed by atoms with E-state index in [1.807, 2.05) is 20.8 Å². The van der Waals surface area contributed by atoms with Crippen LogP contribution in [0, 0.1) is 23.0 Å². The van der Waals surface area contributed by atoms with E-state index in [1.54, 1.807) is 12.1 Å². The third kappa shape index (κ3) is 3.19. The van der Waals surface area contributed by atoms with Gasteiger partial charge in [-0.2, -0.15) is 0 Å². The molecule has 0 aliphatic rings. The number of carbonyl (C=O) groups excluding carboxylic acids is 1. The Balaban J connectivity index is 3.12. The largest absolute Gasteiger partial charge is 0.368 e. The zero-order valence-corrected chi connectivity index (χ0v) is 10.6. The lowest BCUT2D eigenvalue weighted by Crippen LogP contribution is -2.39. The molecule has 0 aliphatic carbocycles. The Morgan fingerprint density at radius 3 is 2.50 bits per heavy atom. The van der Waals surface area contributed by atoms with Crippen LogP contribution in [0.15, 0.2) is 18.2 Å². The van der Waals surface area contributed by atoms with Gasteiger partial charge in [0.15, 0.2) is 0 Å². The van der Waals surface area contributed by atoms with Gasteiger partial charge in [0, 0.05) is 6.07 Å². The summed E-state index contributed by atoms with van der Waals surface area (Å²) in [6, 6.07) is 4.07. The van der Waals surface area contributed by atoms with Crippen molar-refractivity contribution in [2.45, 2.75) is 26.8 Å². The number of hydrogen-bond donors (Lipinski definition) is 2. The molecular weight excluding hydrogens is 234 g/mol. The molecule has 1 aromatic carbocycles. The quantitative estimate of drug-likeness (QED) is 0.616. The van der Waals surface area contributed by atoms with Gasteiger partial charge < -0.3 is 11.1 Å². The molecule has 3 N–H and O–H groups in total. The van der Waals surface area contributed by atoms with Gasteiger partial charge in [0.25, 0.3) is 5.69 Å². The first-order chi connectivity index (χ1) is 8.32. The zero-order chi connectivity index (χ0) is 13.9. The number of nitrogens with one attached hydrogen (secondary N) is 1. The fourth-order valence-corrected chi connectivity index (χ4v) is 1.66. The first-order valence-corrected chi connectivity index (χ1v) is 5.63. The molecule has 18 heavy (non-hydrogen) atoms. The molecule has 0 radical (unpaired) electrons. The number of anilines is 1. The number of aryl methyl sites for hydroxylation is 1. The zero-order valence-electron chi connectivity index (χ0n) is 10.6. The second-order valence-corrected chi connectivity index (χ2v) is 4.55. The standard InChI is InChI=1S/C12H17N3O3/c1-7(2)11(12(13)16)14-9-6-8(3)4-5-10(9)15(17)18/h4-7,11,14H,1-3H3,(H2,13,16)/t11-/m1/s1. The SMILES string of the molecule is Cc1ccc([N+](=O)[O-])c(N[C@@H](C(N)=O)C(C)C)c1. The van der Waals surface area contributed by atoms with E-state index in [-0.39, 0.29) is 11.6 Å². The van der Waals surface area contributed by atoms with E-state index in [4.69, 9.17) is 5.73 Å². The maximum absolute atomic E-state index is 11.3. The lowest BCUT2D eigenvalue weighted by atomic mass is 10.0. The van der Waals surface area contributed by atoms with Crippen LogP contribution in [0.2, 0.25) is 0 Å². The molecule has 98 valence electrons. The van der Waals surface area contributed by atoms with Gasteiger partial charge >= 0.3 is 0 Å². The molecule has 0 heterocycles. The van der Waals surface area contributed by atoms with E-state index in [9.17, 15) is 14.9 Å². The van der Waals surface area contributed by atoms with Crippen LogP contribution >= 0.6 is 0 Å². The van der Waals surface area contributed by atoms with Gasteiger partial charge in [-0.25, -0.2) is 0 Å². The molecule has 6 heteroatoms. The minimum absolute atomic E-state index is 0.0531. The molecule has 1 rings (SSSR count). The normalized spacial score (nSPS) is 12.2. The number of benzene rings is 1. The Labute approximate surface area is 105 Å². The smallest absolute Gasteiger partial charge is 0.292 e. The number of nitro benzene ring substituents is 1. The first kappa shape index (κ1) is 14.0. The molecule has 0 saturated carbocycles. The first-order valence-electron chi connectivity index (χ1n) is 5.63. The summed E-state index contributed by atoms with van der Waals surface area (Å²) in [5, 5.41) is 13.8. The molecule has 0 aliphatic heterocycles. The monoisotopic (exact) mass is 251 g/mol. The van der Waals surface area contributed by atoms with E-state index in [0.717, 1.165) is 5.56 Å². The molecule has 6 nitrogen and oxygen atoms in total. The number of nitrogens with two attached hydrogens (primary N) is 1. The molecule has 0 aromatic heterocycles. The Kier molecular flexibility index (Phi) is 4.25. The second-order valence-electron chi connectivity index (χ2n) is 4.55. The van der Waals surface area contributed by atoms with E-state index in [0.29, 0.717) is 5.69 Å². The van der Waals surface area contributed by atoms with Crippen LogP contribution in [0.25, 0.3) is 0 Å². The summed E-state index contributed by atoms with van der Waals surface area (Å²) in [6.07, 6.45) is 0. The van der Waals surface area contributed by atoms with Crippen LogP contribution in [0.4, 0.5) is 11.4 Å². The number of nitro groups is 1. The number of hydrogen-bond acceptors (Lipinski definition) is 4. The highest BCUT2D eigenvalue weighted by molar-refractivity contribution is 5.84. The van der Waals surface area contributed by atoms with Crippen LogP contribution in [0.5, 0.6) is 0 Å². The van der Waals surface area contributed by atoms with Crippen LogP contribution in [0.1, 0.15) is 19.4 Å². The topological polar surface area (TPSA) is 98.3 Å². The Morgan fingerprint density at radius 1 is 1.44 bits per heavy atom. The number of carbonyl (C=O) groups is 1. The molecule has 0 bridgehead atoms. The number of nitrogens with zero attached hydrogens (tertiary/aromatic N) is 1. The molecule has 0 fully saturated rings. The van der Waals surface area contributed by atoms with Gasteiger partial charge in [-0.1, -0.05) is 19.9 Å². The van der Waals surface area contributed by atoms with Crippen molar-refractivity contribution < 1.29 is 9.72 Å². The van der Waals surface area contributed by atoms with Gasteiger partial charge in [0.1, 0.15) is 11.7 Å². The van der Waals surface area contributed by atoms with Crippen LogP contribution in [-0.4, -0.2) is 16.9 Å². The lowest BCUT2D eigenvalue weighted by molar-refractivity contribution is -0.384. The van der Waals surface area contributed by atoms with Gasteiger partial charge in [0.2, 0.25) is 5.91 Å². The van der Waals surface area contributed by atoms with Crippen molar-refractivity contribution in [3.63, 3.8) is 0 Å². The summed E-state index contributed by atoms with van der Waals surface area (Å²) in [5.74, 6) is -0.580. The molecule has 1 atom stereocenters. The van der Waals surface area contributed by atoms with E-state index < -0.39 is 16.9 Å². The fraction of sp³-hybridized carbons (Fsp3) is 0.417. The summed E-state index contributed by atoms with van der Waals surface area (Å²) in [7, 11) is 0. The summed E-state index contributed by atoms with van der Waals surface area (Å²) in [6.45, 7) is 5.47. The van der Waals surface area contributed by atoms with E-state index >= 15 is 0 Å². The third-order valence-electron chi connectivity index (χ3n) is 2.63. The highest BCUT2D eigenvalue weighted by atomic mass is 16.6. The number of amides is 1. The van der Waals surface area contributed by atoms with E-state index in [2.05, 4.69) is 5.32 Å². The highest BCUT2D eigenvalue weighted by Crippen LogP contribution is 2.26. The second kappa shape index (κ2) is 5.48. The number of rotatable bonds is 5. The Bertz CT molecular complexity index is 472. The summed E-state index contributed by atoms with van der Waals surface area (Å²) in [4.78, 5) is 21.7. The van der Waals surface area contributed by atoms with Crippen LogP contribution < -0.4 is 11.1 Å². The van der Waals surface area contributed by atoms with Gasteiger partial charge in [-0.05, 0) is 24.5 Å². The average Bonchev–Trinajstić information content (AvgIpc) is 2.24. The Morgan fingerprint density at radius 2 is 2.06 bits per heavy atom. The lowest BCUT2D eigenvalue weighted by Gasteiger charge is -2.20. The highest BCUT2D eigenvalue weighted by Gasteiger charge is 2.23. The molecule has 0 unspecified atom stereocenters. The van der Waals surface area contributed by atoms with Gasteiger partial charge in [-0.3, -0.25) is 14.9 Å². The van der Waals surface area contributed by atoms with Gasteiger partial charge in [0.05, 0.1) is 4.92 Å². The van der Waals surface area contributed by atoms with Gasteiger partial charge in [-0.15, -0.1) is 0 Å². The van der Waals surface area contributed by atoms with E-state index in [1.165, 1.54) is 6.07 Å². The summed E-state index contributed by atoms with van der Waals surface area (Å²) >= 11 is 0. The third-order valence-corrected chi connectivity index (χ3v) is 2.63. The van der Waals surface area contributed by atoms with Crippen molar-refractivity contribution >= 4 is 17.3 Å². The Hall–Kier alpha value is -2.11. The maximum atomic E-state index is 11.3. The summed E-state index contributed by atoms with van der Waals surface area (Å²) in [5.41, 5.74) is 6.40. The predicted molar refractivity (Wildman–Crippen MR) is 69.3 cm³/mol. The van der Waals surface area contributed by atoms with Crippen molar-refractivity contribution in [1.29, 1.82) is 0 Å². The minimum atomic E-state index is -0.634. The fourth-order valence-electron chi connectivity index (χ4n) is 1.66. The predicted octanol–water partition coefficient (Wildman–Crippen LogP) is 1.83. The molecule has 1 amide bonds. The molecule has 1 aromatic rings. The molecule has 0 spiro atoms. The van der Waals surface area contributed by atoms with Crippen molar-refractivity contribution in [1.82, 2.24) is 0 Å². The van der Waals surface area contributed by atoms with Crippen molar-refractivity contribution in [2.24, 2.45) is 11.7 Å². The average molecular weight is 251 g/mol.